The molecule has 2 N–H and O–H groups in total. The molecule has 3 heterocycles. The van der Waals surface area contributed by atoms with E-state index in [2.05, 4.69) is 10.6 Å². The number of nitrogens with one attached hydrogen (secondary N) is 2. The SMILES string of the molecule is C[C@@H]1N[C@]2(C(=O)Nc3ccccc32)[C@@H]2C(=O)N(c3cccc([N+](=O)[O-])c3)C(=O)[C@@H]12. The number of nitro benzene ring substituents is 1. The topological polar surface area (TPSA) is 122 Å². The zero-order chi connectivity index (χ0) is 20.5. The molecule has 2 aromatic rings. The maximum atomic E-state index is 13.5. The van der Waals surface area contributed by atoms with Crippen molar-refractivity contribution < 1.29 is 19.3 Å². The third-order valence-electron chi connectivity index (χ3n) is 6.07. The first-order chi connectivity index (χ1) is 13.9. The van der Waals surface area contributed by atoms with E-state index in [4.69, 9.17) is 0 Å². The van der Waals surface area contributed by atoms with Crippen LogP contribution in [0.15, 0.2) is 48.5 Å². The maximum absolute atomic E-state index is 13.5. The van der Waals surface area contributed by atoms with Crippen LogP contribution in [0.25, 0.3) is 0 Å². The first-order valence-electron chi connectivity index (χ1n) is 9.17. The molecule has 4 atom stereocenters. The van der Waals surface area contributed by atoms with E-state index >= 15 is 0 Å². The van der Waals surface area contributed by atoms with Crippen molar-refractivity contribution >= 4 is 34.8 Å². The zero-order valence-corrected chi connectivity index (χ0v) is 15.3. The Kier molecular flexibility index (Phi) is 3.45. The number of hydrogen-bond acceptors (Lipinski definition) is 6. The third-order valence-corrected chi connectivity index (χ3v) is 6.07. The molecular formula is C20H16N4O5. The van der Waals surface area contributed by atoms with Crippen molar-refractivity contribution in [1.29, 1.82) is 0 Å². The van der Waals surface area contributed by atoms with E-state index in [1.54, 1.807) is 31.2 Å². The highest BCUT2D eigenvalue weighted by molar-refractivity contribution is 6.25. The van der Waals surface area contributed by atoms with Gasteiger partial charge in [-0.2, -0.15) is 0 Å². The van der Waals surface area contributed by atoms with E-state index in [0.29, 0.717) is 11.3 Å². The van der Waals surface area contributed by atoms with Gasteiger partial charge in [0.2, 0.25) is 17.7 Å². The Balaban J connectivity index is 1.64. The Morgan fingerprint density at radius 2 is 1.83 bits per heavy atom. The van der Waals surface area contributed by atoms with Gasteiger partial charge in [0.15, 0.2) is 0 Å². The van der Waals surface area contributed by atoms with Gasteiger partial charge in [-0.3, -0.25) is 29.8 Å². The number of benzene rings is 2. The van der Waals surface area contributed by atoms with Crippen LogP contribution in [-0.4, -0.2) is 28.7 Å². The van der Waals surface area contributed by atoms with Gasteiger partial charge < -0.3 is 5.32 Å². The number of hydrogen-bond donors (Lipinski definition) is 2. The highest BCUT2D eigenvalue weighted by Crippen LogP contribution is 2.53. The van der Waals surface area contributed by atoms with E-state index in [-0.39, 0.29) is 17.3 Å². The highest BCUT2D eigenvalue weighted by atomic mass is 16.6. The molecule has 5 rings (SSSR count). The molecular weight excluding hydrogens is 376 g/mol. The molecule has 0 unspecified atom stereocenters. The minimum Gasteiger partial charge on any atom is -0.324 e. The van der Waals surface area contributed by atoms with E-state index in [9.17, 15) is 24.5 Å². The van der Waals surface area contributed by atoms with Crippen molar-refractivity contribution in [3.05, 3.63) is 64.2 Å². The second-order valence-corrected chi connectivity index (χ2v) is 7.53. The van der Waals surface area contributed by atoms with Gasteiger partial charge in [-0.15, -0.1) is 0 Å². The monoisotopic (exact) mass is 392 g/mol. The van der Waals surface area contributed by atoms with Gasteiger partial charge in [0, 0.05) is 29.4 Å². The van der Waals surface area contributed by atoms with Crippen LogP contribution in [0.1, 0.15) is 12.5 Å². The fourth-order valence-electron chi connectivity index (χ4n) is 4.92. The lowest BCUT2D eigenvalue weighted by Crippen LogP contribution is -2.53. The Hall–Kier alpha value is -3.59. The number of non-ortho nitro benzene ring substituents is 1. The predicted octanol–water partition coefficient (Wildman–Crippen LogP) is 1.54. The average molecular weight is 392 g/mol. The summed E-state index contributed by atoms with van der Waals surface area (Å²) in [4.78, 5) is 51.2. The van der Waals surface area contributed by atoms with Crippen molar-refractivity contribution in [2.75, 3.05) is 10.2 Å². The fourth-order valence-corrected chi connectivity index (χ4v) is 4.92. The molecule has 3 aliphatic heterocycles. The lowest BCUT2D eigenvalue weighted by atomic mass is 9.76. The molecule has 9 heteroatoms. The molecule has 29 heavy (non-hydrogen) atoms. The predicted molar refractivity (Wildman–Crippen MR) is 102 cm³/mol. The summed E-state index contributed by atoms with van der Waals surface area (Å²) in [6.07, 6.45) is 0. The van der Waals surface area contributed by atoms with Gasteiger partial charge in [-0.25, -0.2) is 4.90 Å². The number of nitrogens with zero attached hydrogens (tertiary/aromatic N) is 2. The Morgan fingerprint density at radius 3 is 2.59 bits per heavy atom. The third kappa shape index (κ3) is 2.10. The molecule has 2 aromatic carbocycles. The van der Waals surface area contributed by atoms with Crippen LogP contribution in [0.5, 0.6) is 0 Å². The van der Waals surface area contributed by atoms with E-state index in [0.717, 1.165) is 4.90 Å². The minimum absolute atomic E-state index is 0.137. The molecule has 3 amide bonds. The standard InChI is InChI=1S/C20H16N4O5/c1-10-15-16(20(22-10)13-7-2-3-8-14(13)21-19(20)27)18(26)23(17(15)25)11-5-4-6-12(9-11)24(28)29/h2-10,15-16,22H,1H3,(H,21,27)/t10-,15-,16-,20-/m0/s1. The summed E-state index contributed by atoms with van der Waals surface area (Å²) in [6.45, 7) is 1.77. The van der Waals surface area contributed by atoms with Crippen LogP contribution in [0.2, 0.25) is 0 Å². The Morgan fingerprint density at radius 1 is 1.07 bits per heavy atom. The first-order valence-corrected chi connectivity index (χ1v) is 9.17. The van der Waals surface area contributed by atoms with Gasteiger partial charge in [0.25, 0.3) is 5.69 Å². The Labute approximate surface area is 164 Å². The number of carbonyl (C=O) groups excluding carboxylic acids is 3. The van der Waals surface area contributed by atoms with Gasteiger partial charge in [-0.05, 0) is 19.1 Å². The highest BCUT2D eigenvalue weighted by Gasteiger charge is 2.69. The summed E-state index contributed by atoms with van der Waals surface area (Å²) in [6, 6.07) is 12.0. The smallest absolute Gasteiger partial charge is 0.271 e. The van der Waals surface area contributed by atoms with Crippen LogP contribution in [0.3, 0.4) is 0 Å². The summed E-state index contributed by atoms with van der Waals surface area (Å²) >= 11 is 0. The number of anilines is 2. The average Bonchev–Trinajstić information content (AvgIpc) is 3.26. The molecule has 0 aromatic heterocycles. The van der Waals surface area contributed by atoms with Crippen LogP contribution >= 0.6 is 0 Å². The molecule has 146 valence electrons. The molecule has 2 fully saturated rings. The lowest BCUT2D eigenvalue weighted by Gasteiger charge is -2.29. The zero-order valence-electron chi connectivity index (χ0n) is 15.3. The number of fused-ring (bicyclic) bond motifs is 4. The number of amides is 3. The molecule has 0 radical (unpaired) electrons. The van der Waals surface area contributed by atoms with Crippen LogP contribution < -0.4 is 15.5 Å². The lowest BCUT2D eigenvalue weighted by molar-refractivity contribution is -0.384. The molecule has 9 nitrogen and oxygen atoms in total. The largest absolute Gasteiger partial charge is 0.324 e. The van der Waals surface area contributed by atoms with Crippen molar-refractivity contribution in [3.63, 3.8) is 0 Å². The normalized spacial score (nSPS) is 29.9. The number of imide groups is 1. The van der Waals surface area contributed by atoms with Crippen LogP contribution in [-0.2, 0) is 19.9 Å². The van der Waals surface area contributed by atoms with Gasteiger partial charge in [-0.1, -0.05) is 24.3 Å². The second kappa shape index (κ2) is 5.71. The van der Waals surface area contributed by atoms with Crippen molar-refractivity contribution in [1.82, 2.24) is 5.32 Å². The van der Waals surface area contributed by atoms with E-state index < -0.39 is 40.2 Å². The van der Waals surface area contributed by atoms with Gasteiger partial charge >= 0.3 is 0 Å². The molecule has 1 spiro atoms. The first kappa shape index (κ1) is 17.5. The van der Waals surface area contributed by atoms with Gasteiger partial charge in [0.1, 0.15) is 5.54 Å². The van der Waals surface area contributed by atoms with Crippen LogP contribution in [0, 0.1) is 22.0 Å². The molecule has 0 bridgehead atoms. The summed E-state index contributed by atoms with van der Waals surface area (Å²) in [5.41, 5.74) is -0.191. The Bertz CT molecular complexity index is 1120. The molecule has 0 saturated carbocycles. The van der Waals surface area contributed by atoms with Crippen molar-refractivity contribution in [3.8, 4) is 0 Å². The number of nitro groups is 1. The molecule has 2 saturated heterocycles. The van der Waals surface area contributed by atoms with E-state index in [1.165, 1.54) is 24.3 Å². The summed E-state index contributed by atoms with van der Waals surface area (Å²) in [5, 5.41) is 17.1. The van der Waals surface area contributed by atoms with E-state index in [1.807, 2.05) is 0 Å². The minimum atomic E-state index is -1.34. The fraction of sp³-hybridized carbons (Fsp3) is 0.250. The second-order valence-electron chi connectivity index (χ2n) is 7.53. The van der Waals surface area contributed by atoms with Crippen molar-refractivity contribution in [2.45, 2.75) is 18.5 Å². The summed E-state index contributed by atoms with van der Waals surface area (Å²) in [5.74, 6) is -3.06. The number of para-hydroxylation sites is 1. The quantitative estimate of drug-likeness (QED) is 0.454. The maximum Gasteiger partial charge on any atom is 0.271 e. The van der Waals surface area contributed by atoms with Crippen LogP contribution in [0.4, 0.5) is 17.1 Å². The summed E-state index contributed by atoms with van der Waals surface area (Å²) < 4.78 is 0. The van der Waals surface area contributed by atoms with Gasteiger partial charge in [0.05, 0.1) is 22.4 Å². The van der Waals surface area contributed by atoms with Crippen molar-refractivity contribution in [2.24, 2.45) is 11.8 Å². The number of carbonyl (C=O) groups is 3. The molecule has 0 aliphatic carbocycles. The molecule has 3 aliphatic rings. The number of rotatable bonds is 2. The summed E-state index contributed by atoms with van der Waals surface area (Å²) in [7, 11) is 0.